The molecule has 3 unspecified atom stereocenters. The van der Waals surface area contributed by atoms with Crippen molar-refractivity contribution in [2.75, 3.05) is 0 Å². The molecule has 0 spiro atoms. The fourth-order valence-electron chi connectivity index (χ4n) is 1.57. The molecule has 5 heteroatoms. The molecular formula is C11H18N2O3. The number of carbonyl (C=O) groups is 2. The molecule has 1 aliphatic carbocycles. The van der Waals surface area contributed by atoms with Crippen LogP contribution in [0.3, 0.4) is 0 Å². The second kappa shape index (κ2) is 5.12. The monoisotopic (exact) mass is 226 g/mol. The van der Waals surface area contributed by atoms with E-state index < -0.39 is 17.9 Å². The highest BCUT2D eigenvalue weighted by atomic mass is 16.4. The van der Waals surface area contributed by atoms with Crippen molar-refractivity contribution >= 4 is 11.9 Å². The molecule has 1 amide bonds. The maximum atomic E-state index is 11.6. The van der Waals surface area contributed by atoms with Crippen molar-refractivity contribution in [3.63, 3.8) is 0 Å². The van der Waals surface area contributed by atoms with Gasteiger partial charge in [-0.3, -0.25) is 9.59 Å². The Bertz CT molecular complexity index is 312. The Morgan fingerprint density at radius 3 is 2.50 bits per heavy atom. The summed E-state index contributed by atoms with van der Waals surface area (Å²) in [7, 11) is 0. The van der Waals surface area contributed by atoms with E-state index in [4.69, 9.17) is 10.8 Å². The molecule has 0 bridgehead atoms. The Labute approximate surface area is 94.7 Å². The molecule has 0 aromatic carbocycles. The Hall–Kier alpha value is -1.36. The summed E-state index contributed by atoms with van der Waals surface area (Å²) in [5.74, 6) is -1.52. The van der Waals surface area contributed by atoms with Gasteiger partial charge in [-0.2, -0.15) is 0 Å². The number of carboxylic acid groups (broad SMARTS) is 1. The van der Waals surface area contributed by atoms with Gasteiger partial charge in [-0.15, -0.1) is 0 Å². The summed E-state index contributed by atoms with van der Waals surface area (Å²) in [6.07, 6.45) is 3.73. The van der Waals surface area contributed by atoms with Gasteiger partial charge < -0.3 is 16.2 Å². The van der Waals surface area contributed by atoms with E-state index in [0.717, 1.165) is 0 Å². The van der Waals surface area contributed by atoms with Crippen LogP contribution in [-0.4, -0.2) is 29.1 Å². The molecule has 4 N–H and O–H groups in total. The van der Waals surface area contributed by atoms with Gasteiger partial charge in [-0.05, 0) is 12.3 Å². The number of hydrogen-bond acceptors (Lipinski definition) is 3. The molecule has 1 rings (SSSR count). The van der Waals surface area contributed by atoms with E-state index in [1.807, 2.05) is 13.8 Å². The molecule has 1 aliphatic rings. The van der Waals surface area contributed by atoms with Crippen LogP contribution in [0.25, 0.3) is 0 Å². The van der Waals surface area contributed by atoms with E-state index in [0.29, 0.717) is 6.42 Å². The average Bonchev–Trinajstić information content (AvgIpc) is 2.64. The Morgan fingerprint density at radius 1 is 1.44 bits per heavy atom. The zero-order chi connectivity index (χ0) is 12.3. The summed E-state index contributed by atoms with van der Waals surface area (Å²) < 4.78 is 0. The van der Waals surface area contributed by atoms with Gasteiger partial charge in [0.25, 0.3) is 0 Å². The van der Waals surface area contributed by atoms with Crippen LogP contribution in [0.4, 0.5) is 0 Å². The summed E-state index contributed by atoms with van der Waals surface area (Å²) in [6, 6.07) is -0.754. The first-order valence-electron chi connectivity index (χ1n) is 5.39. The molecule has 0 aromatic heterocycles. The summed E-state index contributed by atoms with van der Waals surface area (Å²) in [5, 5.41) is 11.5. The Balaban J connectivity index is 2.44. The third kappa shape index (κ3) is 3.06. The number of aliphatic carboxylic acids is 1. The third-order valence-electron chi connectivity index (χ3n) is 2.75. The molecule has 0 fully saturated rings. The number of carbonyl (C=O) groups excluding carboxylic acids is 1. The quantitative estimate of drug-likeness (QED) is 0.593. The van der Waals surface area contributed by atoms with Crippen molar-refractivity contribution in [2.45, 2.75) is 32.4 Å². The number of hydrogen-bond donors (Lipinski definition) is 3. The molecule has 0 aliphatic heterocycles. The zero-order valence-corrected chi connectivity index (χ0v) is 9.51. The molecule has 5 nitrogen and oxygen atoms in total. The lowest BCUT2D eigenvalue weighted by Gasteiger charge is -2.18. The van der Waals surface area contributed by atoms with Crippen molar-refractivity contribution in [1.82, 2.24) is 5.32 Å². The highest BCUT2D eigenvalue weighted by Crippen LogP contribution is 2.18. The van der Waals surface area contributed by atoms with Crippen LogP contribution in [0.15, 0.2) is 12.2 Å². The topological polar surface area (TPSA) is 92.4 Å². The summed E-state index contributed by atoms with van der Waals surface area (Å²) in [6.45, 7) is 3.74. The summed E-state index contributed by atoms with van der Waals surface area (Å²) in [4.78, 5) is 22.3. The number of nitrogens with one attached hydrogen (secondary N) is 1. The lowest BCUT2D eigenvalue weighted by Crippen LogP contribution is -2.47. The van der Waals surface area contributed by atoms with Crippen molar-refractivity contribution in [2.24, 2.45) is 17.6 Å². The summed E-state index contributed by atoms with van der Waals surface area (Å²) in [5.41, 5.74) is 5.68. The smallest absolute Gasteiger partial charge is 0.310 e. The molecule has 0 saturated carbocycles. The van der Waals surface area contributed by atoms with Crippen molar-refractivity contribution in [3.05, 3.63) is 12.2 Å². The molecule has 0 radical (unpaired) electrons. The lowest BCUT2D eigenvalue weighted by molar-refractivity contribution is -0.140. The van der Waals surface area contributed by atoms with E-state index in [2.05, 4.69) is 5.32 Å². The molecule has 16 heavy (non-hydrogen) atoms. The van der Waals surface area contributed by atoms with Gasteiger partial charge in [0.15, 0.2) is 0 Å². The second-order valence-electron chi connectivity index (χ2n) is 4.45. The van der Waals surface area contributed by atoms with Gasteiger partial charge in [0, 0.05) is 6.04 Å². The van der Waals surface area contributed by atoms with Crippen LogP contribution in [0.5, 0.6) is 0 Å². The van der Waals surface area contributed by atoms with Gasteiger partial charge in [-0.25, -0.2) is 0 Å². The van der Waals surface area contributed by atoms with E-state index in [-0.39, 0.29) is 17.9 Å². The van der Waals surface area contributed by atoms with Crippen LogP contribution >= 0.6 is 0 Å². The van der Waals surface area contributed by atoms with Gasteiger partial charge in [0.05, 0.1) is 12.0 Å². The van der Waals surface area contributed by atoms with E-state index >= 15 is 0 Å². The predicted molar refractivity (Wildman–Crippen MR) is 59.6 cm³/mol. The van der Waals surface area contributed by atoms with Gasteiger partial charge in [-0.1, -0.05) is 26.0 Å². The molecular weight excluding hydrogens is 208 g/mol. The number of rotatable bonds is 4. The lowest BCUT2D eigenvalue weighted by atomic mass is 10.0. The maximum Gasteiger partial charge on any atom is 0.310 e. The number of carboxylic acids is 1. The fraction of sp³-hybridized carbons (Fsp3) is 0.636. The van der Waals surface area contributed by atoms with E-state index in [9.17, 15) is 9.59 Å². The highest BCUT2D eigenvalue weighted by molar-refractivity contribution is 5.82. The second-order valence-corrected chi connectivity index (χ2v) is 4.45. The third-order valence-corrected chi connectivity index (χ3v) is 2.75. The maximum absolute atomic E-state index is 11.6. The van der Waals surface area contributed by atoms with Crippen molar-refractivity contribution in [1.29, 1.82) is 0 Å². The minimum atomic E-state index is -0.860. The summed E-state index contributed by atoms with van der Waals surface area (Å²) >= 11 is 0. The van der Waals surface area contributed by atoms with Crippen molar-refractivity contribution < 1.29 is 14.7 Å². The zero-order valence-electron chi connectivity index (χ0n) is 9.51. The molecule has 90 valence electrons. The molecule has 0 aromatic rings. The first-order valence-corrected chi connectivity index (χ1v) is 5.39. The SMILES string of the molecule is CC(C)C(N)C(=O)NC1C=CC(C(=O)O)C1. The normalized spacial score (nSPS) is 25.8. The van der Waals surface area contributed by atoms with Crippen molar-refractivity contribution in [3.8, 4) is 0 Å². The van der Waals surface area contributed by atoms with Crippen LogP contribution in [-0.2, 0) is 9.59 Å². The number of nitrogens with two attached hydrogens (primary N) is 1. The molecule has 0 heterocycles. The van der Waals surface area contributed by atoms with Gasteiger partial charge in [0.1, 0.15) is 0 Å². The van der Waals surface area contributed by atoms with Gasteiger partial charge >= 0.3 is 5.97 Å². The minimum Gasteiger partial charge on any atom is -0.481 e. The first kappa shape index (κ1) is 12.7. The predicted octanol–water partition coefficient (Wildman–Crippen LogP) is 0.115. The van der Waals surface area contributed by atoms with Crippen LogP contribution in [0.1, 0.15) is 20.3 Å². The van der Waals surface area contributed by atoms with E-state index in [1.54, 1.807) is 12.2 Å². The standard InChI is InChI=1S/C11H18N2O3/c1-6(2)9(12)10(14)13-8-4-3-7(5-8)11(15)16/h3-4,6-9H,5,12H2,1-2H3,(H,13,14)(H,15,16). The minimum absolute atomic E-state index is 0.0700. The van der Waals surface area contributed by atoms with E-state index in [1.165, 1.54) is 0 Å². The number of amides is 1. The van der Waals surface area contributed by atoms with Crippen LogP contribution in [0, 0.1) is 11.8 Å². The van der Waals surface area contributed by atoms with Gasteiger partial charge in [0.2, 0.25) is 5.91 Å². The van der Waals surface area contributed by atoms with Crippen LogP contribution in [0.2, 0.25) is 0 Å². The Kier molecular flexibility index (Phi) is 4.06. The Morgan fingerprint density at radius 2 is 2.06 bits per heavy atom. The first-order chi connectivity index (χ1) is 7.41. The largest absolute Gasteiger partial charge is 0.481 e. The highest BCUT2D eigenvalue weighted by Gasteiger charge is 2.27. The molecule has 3 atom stereocenters. The van der Waals surface area contributed by atoms with Crippen LogP contribution < -0.4 is 11.1 Å². The average molecular weight is 226 g/mol. The fourth-order valence-corrected chi connectivity index (χ4v) is 1.57. The molecule has 0 saturated heterocycles.